The van der Waals surface area contributed by atoms with Crippen LogP contribution in [0.1, 0.15) is 5.56 Å². The smallest absolute Gasteiger partial charge is 0.273 e. The van der Waals surface area contributed by atoms with Crippen LogP contribution in [-0.2, 0) is 6.54 Å². The number of nitro groups is 1. The van der Waals surface area contributed by atoms with E-state index >= 15 is 0 Å². The first-order valence-corrected chi connectivity index (χ1v) is 6.83. The van der Waals surface area contributed by atoms with Crippen molar-refractivity contribution in [3.8, 4) is 17.2 Å². The van der Waals surface area contributed by atoms with E-state index in [4.69, 9.17) is 15.2 Å². The molecule has 2 aromatic rings. The van der Waals surface area contributed by atoms with Crippen molar-refractivity contribution in [3.63, 3.8) is 0 Å². The third-order valence-electron chi connectivity index (χ3n) is 2.83. The van der Waals surface area contributed by atoms with Gasteiger partial charge in [-0.3, -0.25) is 10.1 Å². The molecule has 110 valence electrons. The van der Waals surface area contributed by atoms with Gasteiger partial charge in [-0.25, -0.2) is 0 Å². The molecule has 0 unspecified atom stereocenters. The predicted octanol–water partition coefficient (Wildman–Crippen LogP) is 3.62. The Balaban J connectivity index is 2.39. The van der Waals surface area contributed by atoms with E-state index in [9.17, 15) is 10.1 Å². The van der Waals surface area contributed by atoms with Crippen LogP contribution >= 0.6 is 15.9 Å². The minimum atomic E-state index is -0.489. The Bertz CT molecular complexity index is 676. The van der Waals surface area contributed by atoms with Crippen LogP contribution in [0.15, 0.2) is 40.9 Å². The SMILES string of the molecule is COc1cc([N+](=O)[O-])ccc1Oc1cc(Br)ccc1CN. The molecule has 2 aromatic carbocycles. The fourth-order valence-electron chi connectivity index (χ4n) is 1.76. The fourth-order valence-corrected chi connectivity index (χ4v) is 2.10. The molecule has 6 nitrogen and oxygen atoms in total. The molecule has 0 bridgehead atoms. The van der Waals surface area contributed by atoms with Crippen molar-refractivity contribution in [2.75, 3.05) is 7.11 Å². The van der Waals surface area contributed by atoms with E-state index in [1.807, 2.05) is 12.1 Å². The highest BCUT2D eigenvalue weighted by molar-refractivity contribution is 9.10. The monoisotopic (exact) mass is 352 g/mol. The number of ether oxygens (including phenoxy) is 2. The molecule has 7 heteroatoms. The number of methoxy groups -OCH3 is 1. The predicted molar refractivity (Wildman–Crippen MR) is 81.8 cm³/mol. The second-order valence-corrected chi connectivity index (χ2v) is 5.07. The Hall–Kier alpha value is -2.12. The molecule has 0 saturated carbocycles. The lowest BCUT2D eigenvalue weighted by atomic mass is 10.2. The van der Waals surface area contributed by atoms with Gasteiger partial charge in [-0.2, -0.15) is 0 Å². The van der Waals surface area contributed by atoms with Crippen molar-refractivity contribution in [2.24, 2.45) is 5.73 Å². The molecule has 0 aromatic heterocycles. The summed E-state index contributed by atoms with van der Waals surface area (Å²) in [7, 11) is 1.43. The first-order chi connectivity index (χ1) is 10.0. The highest BCUT2D eigenvalue weighted by Gasteiger charge is 2.14. The summed E-state index contributed by atoms with van der Waals surface area (Å²) in [5.74, 6) is 1.24. The van der Waals surface area contributed by atoms with Crippen molar-refractivity contribution >= 4 is 21.6 Å². The van der Waals surface area contributed by atoms with Crippen LogP contribution in [-0.4, -0.2) is 12.0 Å². The van der Waals surface area contributed by atoms with Crippen molar-refractivity contribution in [1.29, 1.82) is 0 Å². The maximum atomic E-state index is 10.8. The maximum absolute atomic E-state index is 10.8. The number of benzene rings is 2. The molecular weight excluding hydrogens is 340 g/mol. The number of nitrogens with zero attached hydrogens (tertiary/aromatic N) is 1. The second kappa shape index (κ2) is 6.55. The van der Waals surface area contributed by atoms with Gasteiger partial charge >= 0.3 is 0 Å². The zero-order chi connectivity index (χ0) is 15.4. The van der Waals surface area contributed by atoms with Crippen LogP contribution in [0.3, 0.4) is 0 Å². The van der Waals surface area contributed by atoms with Gasteiger partial charge in [-0.15, -0.1) is 0 Å². The van der Waals surface area contributed by atoms with Crippen LogP contribution in [0, 0.1) is 10.1 Å². The van der Waals surface area contributed by atoms with Crippen LogP contribution < -0.4 is 15.2 Å². The highest BCUT2D eigenvalue weighted by Crippen LogP contribution is 2.36. The average Bonchev–Trinajstić information content (AvgIpc) is 2.47. The molecule has 0 saturated heterocycles. The van der Waals surface area contributed by atoms with Crippen molar-refractivity contribution in [3.05, 3.63) is 56.5 Å². The molecular formula is C14H13BrN2O4. The molecule has 0 fully saturated rings. The van der Waals surface area contributed by atoms with Gasteiger partial charge in [-0.05, 0) is 18.2 Å². The summed E-state index contributed by atoms with van der Waals surface area (Å²) in [6, 6.07) is 9.66. The average molecular weight is 353 g/mol. The van der Waals surface area contributed by atoms with Gasteiger partial charge < -0.3 is 15.2 Å². The number of hydrogen-bond donors (Lipinski definition) is 1. The van der Waals surface area contributed by atoms with E-state index < -0.39 is 4.92 Å². The van der Waals surface area contributed by atoms with E-state index in [-0.39, 0.29) is 11.4 Å². The molecule has 2 N–H and O–H groups in total. The Morgan fingerprint density at radius 1 is 1.19 bits per heavy atom. The van der Waals surface area contributed by atoms with Crippen LogP contribution in [0.5, 0.6) is 17.2 Å². The van der Waals surface area contributed by atoms with E-state index in [1.54, 1.807) is 6.07 Å². The summed E-state index contributed by atoms with van der Waals surface area (Å²) in [6.07, 6.45) is 0. The number of nitro benzene ring substituents is 1. The van der Waals surface area contributed by atoms with Gasteiger partial charge in [0, 0.05) is 22.6 Å². The molecule has 0 aliphatic heterocycles. The van der Waals surface area contributed by atoms with Gasteiger partial charge in [0.1, 0.15) is 5.75 Å². The van der Waals surface area contributed by atoms with Gasteiger partial charge in [0.15, 0.2) is 11.5 Å². The molecule has 2 rings (SSSR count). The van der Waals surface area contributed by atoms with Crippen LogP contribution in [0.2, 0.25) is 0 Å². The standard InChI is InChI=1S/C14H13BrN2O4/c1-20-14-7-11(17(18)19)4-5-12(14)21-13-6-10(15)3-2-9(13)8-16/h2-7H,8,16H2,1H3. The van der Waals surface area contributed by atoms with Crippen molar-refractivity contribution in [1.82, 2.24) is 0 Å². The Labute approximate surface area is 129 Å². The fraction of sp³-hybridized carbons (Fsp3) is 0.143. The third-order valence-corrected chi connectivity index (χ3v) is 3.32. The van der Waals surface area contributed by atoms with Crippen molar-refractivity contribution in [2.45, 2.75) is 6.54 Å². The summed E-state index contributed by atoms with van der Waals surface area (Å²) in [4.78, 5) is 10.3. The van der Waals surface area contributed by atoms with E-state index in [0.29, 0.717) is 18.0 Å². The van der Waals surface area contributed by atoms with Crippen molar-refractivity contribution < 1.29 is 14.4 Å². The molecule has 0 amide bonds. The Morgan fingerprint density at radius 3 is 2.57 bits per heavy atom. The number of halogens is 1. The lowest BCUT2D eigenvalue weighted by molar-refractivity contribution is -0.384. The van der Waals surface area contributed by atoms with Gasteiger partial charge in [0.2, 0.25) is 0 Å². The minimum absolute atomic E-state index is 0.0625. The number of hydrogen-bond acceptors (Lipinski definition) is 5. The van der Waals surface area contributed by atoms with Gasteiger partial charge in [0.25, 0.3) is 5.69 Å². The minimum Gasteiger partial charge on any atom is -0.493 e. The summed E-state index contributed by atoms with van der Waals surface area (Å²) in [5, 5.41) is 10.8. The zero-order valence-corrected chi connectivity index (χ0v) is 12.8. The maximum Gasteiger partial charge on any atom is 0.273 e. The first kappa shape index (κ1) is 15.3. The van der Waals surface area contributed by atoms with E-state index in [1.165, 1.54) is 25.3 Å². The topological polar surface area (TPSA) is 87.6 Å². The summed E-state index contributed by atoms with van der Waals surface area (Å²) < 4.78 is 11.8. The van der Waals surface area contributed by atoms with E-state index in [2.05, 4.69) is 15.9 Å². The quantitative estimate of drug-likeness (QED) is 0.655. The number of nitrogens with two attached hydrogens (primary N) is 1. The molecule has 0 radical (unpaired) electrons. The molecule has 0 spiro atoms. The zero-order valence-electron chi connectivity index (χ0n) is 11.2. The molecule has 0 atom stereocenters. The van der Waals surface area contributed by atoms with Crippen LogP contribution in [0.25, 0.3) is 0 Å². The normalized spacial score (nSPS) is 10.2. The first-order valence-electron chi connectivity index (χ1n) is 6.04. The van der Waals surface area contributed by atoms with Crippen LogP contribution in [0.4, 0.5) is 5.69 Å². The molecule has 0 aliphatic rings. The number of non-ortho nitro benzene ring substituents is 1. The van der Waals surface area contributed by atoms with Gasteiger partial charge in [0.05, 0.1) is 18.1 Å². The number of rotatable bonds is 5. The second-order valence-electron chi connectivity index (χ2n) is 4.15. The molecule has 0 heterocycles. The Kier molecular flexibility index (Phi) is 4.77. The largest absolute Gasteiger partial charge is 0.493 e. The Morgan fingerprint density at radius 2 is 1.95 bits per heavy atom. The summed E-state index contributed by atoms with van der Waals surface area (Å²) >= 11 is 3.36. The third kappa shape index (κ3) is 3.50. The molecule has 0 aliphatic carbocycles. The summed E-state index contributed by atoms with van der Waals surface area (Å²) in [6.45, 7) is 0.317. The van der Waals surface area contributed by atoms with E-state index in [0.717, 1.165) is 10.0 Å². The summed E-state index contributed by atoms with van der Waals surface area (Å²) in [5.41, 5.74) is 6.43. The highest BCUT2D eigenvalue weighted by atomic mass is 79.9. The molecule has 21 heavy (non-hydrogen) atoms. The van der Waals surface area contributed by atoms with Gasteiger partial charge in [-0.1, -0.05) is 22.0 Å². The lowest BCUT2D eigenvalue weighted by Gasteiger charge is -2.13. The lowest BCUT2D eigenvalue weighted by Crippen LogP contribution is -2.00.